The first-order valence-electron chi connectivity index (χ1n) is 8.46. The number of nitrogens with one attached hydrogen (secondary N) is 2. The maximum absolute atomic E-state index is 12.9. The van der Waals surface area contributed by atoms with Crippen molar-refractivity contribution in [2.45, 2.75) is 72.5 Å². The van der Waals surface area contributed by atoms with Crippen molar-refractivity contribution in [3.63, 3.8) is 0 Å². The summed E-state index contributed by atoms with van der Waals surface area (Å²) in [6.45, 7) is 15.1. The van der Waals surface area contributed by atoms with E-state index in [-0.39, 0.29) is 47.3 Å². The van der Waals surface area contributed by atoms with E-state index >= 15 is 0 Å². The molecule has 142 valence electrons. The Kier molecular flexibility index (Phi) is 8.03. The van der Waals surface area contributed by atoms with Crippen molar-refractivity contribution >= 4 is 24.3 Å². The summed E-state index contributed by atoms with van der Waals surface area (Å²) in [5.41, 5.74) is 5.70. The molecule has 1 unspecified atom stereocenters. The topological polar surface area (TPSA) is 87.5 Å². The number of nitrogens with zero attached hydrogens (tertiary/aromatic N) is 1. The van der Waals surface area contributed by atoms with E-state index in [9.17, 15) is 9.59 Å². The predicted molar refractivity (Wildman–Crippen MR) is 100 cm³/mol. The van der Waals surface area contributed by atoms with Crippen molar-refractivity contribution in [2.24, 2.45) is 17.1 Å². The van der Waals surface area contributed by atoms with E-state index in [0.717, 1.165) is 6.42 Å². The number of nitrogens with two attached hydrogens (primary N) is 1. The van der Waals surface area contributed by atoms with Gasteiger partial charge in [0.1, 0.15) is 6.04 Å². The molecular formula is C17H35ClN4O2. The zero-order chi connectivity index (χ0) is 18.0. The van der Waals surface area contributed by atoms with Gasteiger partial charge in [-0.05, 0) is 38.5 Å². The van der Waals surface area contributed by atoms with E-state index in [0.29, 0.717) is 13.1 Å². The van der Waals surface area contributed by atoms with Crippen LogP contribution in [0, 0.1) is 11.3 Å². The molecule has 1 aliphatic rings. The third kappa shape index (κ3) is 6.48. The highest BCUT2D eigenvalue weighted by Gasteiger charge is 2.38. The Morgan fingerprint density at radius 1 is 1.25 bits per heavy atom. The van der Waals surface area contributed by atoms with Gasteiger partial charge in [0.05, 0.1) is 0 Å². The van der Waals surface area contributed by atoms with Crippen molar-refractivity contribution in [3.05, 3.63) is 0 Å². The molecule has 0 aliphatic carbocycles. The second-order valence-electron chi connectivity index (χ2n) is 8.71. The largest absolute Gasteiger partial charge is 0.340 e. The minimum atomic E-state index is -0.525. The summed E-state index contributed by atoms with van der Waals surface area (Å²) in [5, 5.41) is 5.68. The monoisotopic (exact) mass is 362 g/mol. The first kappa shape index (κ1) is 23.0. The van der Waals surface area contributed by atoms with Crippen LogP contribution in [-0.4, -0.2) is 47.6 Å². The van der Waals surface area contributed by atoms with Gasteiger partial charge in [0.2, 0.25) is 5.91 Å². The van der Waals surface area contributed by atoms with E-state index < -0.39 is 6.04 Å². The molecule has 1 heterocycles. The number of urea groups is 1. The lowest BCUT2D eigenvalue weighted by atomic mass is 9.79. The van der Waals surface area contributed by atoms with Crippen LogP contribution in [-0.2, 0) is 4.79 Å². The molecule has 1 fully saturated rings. The molecule has 4 N–H and O–H groups in total. The Balaban J connectivity index is 0.00000529. The maximum Gasteiger partial charge on any atom is 0.315 e. The van der Waals surface area contributed by atoms with E-state index in [4.69, 9.17) is 5.73 Å². The normalized spacial score (nSPS) is 21.7. The molecule has 1 aliphatic heterocycles. The highest BCUT2D eigenvalue weighted by molar-refractivity contribution is 5.87. The Morgan fingerprint density at radius 2 is 1.79 bits per heavy atom. The van der Waals surface area contributed by atoms with Gasteiger partial charge in [-0.3, -0.25) is 4.79 Å². The van der Waals surface area contributed by atoms with Crippen molar-refractivity contribution in [2.75, 3.05) is 13.1 Å². The van der Waals surface area contributed by atoms with Gasteiger partial charge in [-0.2, -0.15) is 0 Å². The average molecular weight is 363 g/mol. The summed E-state index contributed by atoms with van der Waals surface area (Å²) < 4.78 is 0. The van der Waals surface area contributed by atoms with Crippen molar-refractivity contribution in [1.82, 2.24) is 15.5 Å². The van der Waals surface area contributed by atoms with Crippen LogP contribution in [0.2, 0.25) is 0 Å². The lowest BCUT2D eigenvalue weighted by molar-refractivity contribution is -0.137. The third-order valence-corrected chi connectivity index (χ3v) is 4.33. The number of hydrogen-bond acceptors (Lipinski definition) is 3. The lowest BCUT2D eigenvalue weighted by Crippen LogP contribution is -2.60. The molecule has 0 spiro atoms. The number of hydrogen-bond donors (Lipinski definition) is 3. The molecule has 0 bridgehead atoms. The fraction of sp³-hybridized carbons (Fsp3) is 0.882. The number of halogens is 1. The van der Waals surface area contributed by atoms with Crippen LogP contribution >= 0.6 is 12.4 Å². The second-order valence-corrected chi connectivity index (χ2v) is 8.71. The number of amides is 3. The van der Waals surface area contributed by atoms with Gasteiger partial charge in [0, 0.05) is 24.7 Å². The molecule has 0 aromatic rings. The number of carbonyl (C=O) groups excluding carboxylic acids is 2. The molecular weight excluding hydrogens is 328 g/mol. The third-order valence-electron chi connectivity index (χ3n) is 4.33. The first-order valence-corrected chi connectivity index (χ1v) is 8.46. The summed E-state index contributed by atoms with van der Waals surface area (Å²) in [6.07, 6.45) is 0.789. The average Bonchev–Trinajstić information content (AvgIpc) is 2.36. The molecule has 3 amide bonds. The van der Waals surface area contributed by atoms with Crippen LogP contribution in [0.4, 0.5) is 4.79 Å². The Hall–Kier alpha value is -1.01. The molecule has 0 aromatic carbocycles. The van der Waals surface area contributed by atoms with Gasteiger partial charge in [-0.15, -0.1) is 12.4 Å². The van der Waals surface area contributed by atoms with Crippen molar-refractivity contribution in [1.29, 1.82) is 0 Å². The fourth-order valence-corrected chi connectivity index (χ4v) is 2.79. The predicted octanol–water partition coefficient (Wildman–Crippen LogP) is 2.12. The Labute approximate surface area is 152 Å². The van der Waals surface area contributed by atoms with Gasteiger partial charge in [-0.1, -0.05) is 27.7 Å². The smallest absolute Gasteiger partial charge is 0.315 e. The highest BCUT2D eigenvalue weighted by Crippen LogP contribution is 2.28. The summed E-state index contributed by atoms with van der Waals surface area (Å²) in [7, 11) is 0. The highest BCUT2D eigenvalue weighted by atomic mass is 35.5. The molecule has 0 saturated carbocycles. The number of carbonyl (C=O) groups is 2. The fourth-order valence-electron chi connectivity index (χ4n) is 2.79. The maximum atomic E-state index is 12.9. The summed E-state index contributed by atoms with van der Waals surface area (Å²) in [4.78, 5) is 26.8. The molecule has 0 radical (unpaired) electrons. The van der Waals surface area contributed by atoms with E-state index in [1.54, 1.807) is 0 Å². The van der Waals surface area contributed by atoms with Crippen LogP contribution in [0.5, 0.6) is 0 Å². The Morgan fingerprint density at radius 3 is 2.21 bits per heavy atom. The standard InChI is InChI=1S/C17H34N4O2.ClH/c1-11(2)13(19-15(23)20-16(3,4)5)14(22)21-9-8-12(18)17(6,7)10-21;/h11-13H,8-10,18H2,1-7H3,(H2,19,20,23);1H/t12?,13-;/m0./s1. The van der Waals surface area contributed by atoms with Gasteiger partial charge in [-0.25, -0.2) is 4.79 Å². The molecule has 0 aromatic heterocycles. The summed E-state index contributed by atoms with van der Waals surface area (Å²) >= 11 is 0. The molecule has 7 heteroatoms. The second kappa shape index (κ2) is 8.39. The van der Waals surface area contributed by atoms with Crippen LogP contribution in [0.25, 0.3) is 0 Å². The van der Waals surface area contributed by atoms with Crippen molar-refractivity contribution < 1.29 is 9.59 Å². The van der Waals surface area contributed by atoms with E-state index in [1.165, 1.54) is 0 Å². The number of rotatable bonds is 3. The van der Waals surface area contributed by atoms with Gasteiger partial charge in [0.25, 0.3) is 0 Å². The number of piperidine rings is 1. The van der Waals surface area contributed by atoms with Gasteiger partial charge >= 0.3 is 6.03 Å². The minimum Gasteiger partial charge on any atom is -0.340 e. The molecule has 1 saturated heterocycles. The molecule has 6 nitrogen and oxygen atoms in total. The van der Waals surface area contributed by atoms with Crippen LogP contribution in [0.15, 0.2) is 0 Å². The van der Waals surface area contributed by atoms with Gasteiger partial charge in [0.15, 0.2) is 0 Å². The molecule has 1 rings (SSSR count). The summed E-state index contributed by atoms with van der Waals surface area (Å²) in [5.74, 6) is -0.00374. The molecule has 24 heavy (non-hydrogen) atoms. The van der Waals surface area contributed by atoms with E-state index in [1.807, 2.05) is 39.5 Å². The zero-order valence-corrected chi connectivity index (χ0v) is 16.9. The quantitative estimate of drug-likeness (QED) is 0.718. The van der Waals surface area contributed by atoms with Gasteiger partial charge < -0.3 is 21.3 Å². The first-order chi connectivity index (χ1) is 10.3. The van der Waals surface area contributed by atoms with Crippen LogP contribution in [0.3, 0.4) is 0 Å². The van der Waals surface area contributed by atoms with Crippen LogP contribution < -0.4 is 16.4 Å². The van der Waals surface area contributed by atoms with Crippen LogP contribution in [0.1, 0.15) is 54.9 Å². The molecule has 2 atom stereocenters. The van der Waals surface area contributed by atoms with Crippen molar-refractivity contribution in [3.8, 4) is 0 Å². The lowest BCUT2D eigenvalue weighted by Gasteiger charge is -2.44. The Bertz CT molecular complexity index is 446. The minimum absolute atomic E-state index is 0. The van der Waals surface area contributed by atoms with E-state index in [2.05, 4.69) is 24.5 Å². The number of likely N-dealkylation sites (tertiary alicyclic amines) is 1. The zero-order valence-electron chi connectivity index (χ0n) is 16.1. The SMILES string of the molecule is CC(C)[C@H](NC(=O)NC(C)(C)C)C(=O)N1CCC(N)C(C)(C)C1.Cl. The summed E-state index contributed by atoms with van der Waals surface area (Å²) in [6, 6.07) is -0.735.